The zero-order valence-electron chi connectivity index (χ0n) is 12.0. The third-order valence-corrected chi connectivity index (χ3v) is 3.66. The number of amides is 1. The van der Waals surface area contributed by atoms with Gasteiger partial charge in [0.15, 0.2) is 0 Å². The molecule has 0 aliphatic heterocycles. The van der Waals surface area contributed by atoms with Crippen molar-refractivity contribution in [2.45, 2.75) is 58.1 Å². The second-order valence-electron chi connectivity index (χ2n) is 5.72. The van der Waals surface area contributed by atoms with Crippen molar-refractivity contribution in [2.75, 3.05) is 20.2 Å². The first-order valence-electron chi connectivity index (χ1n) is 7.10. The highest BCUT2D eigenvalue weighted by molar-refractivity contribution is 5.76. The molecule has 1 rings (SSSR count). The Balaban J connectivity index is 2.18. The predicted molar refractivity (Wildman–Crippen MR) is 73.3 cm³/mol. The van der Waals surface area contributed by atoms with Crippen LogP contribution in [0, 0.1) is 5.92 Å². The third-order valence-electron chi connectivity index (χ3n) is 3.66. The molecule has 1 amide bonds. The molecule has 4 heteroatoms. The smallest absolute Gasteiger partial charge is 0.222 e. The molecule has 1 aliphatic rings. The Labute approximate surface area is 111 Å². The van der Waals surface area contributed by atoms with Crippen molar-refractivity contribution in [3.05, 3.63) is 0 Å². The number of carbonyl (C=O) groups is 1. The summed E-state index contributed by atoms with van der Waals surface area (Å²) in [5.41, 5.74) is 5.87. The van der Waals surface area contributed by atoms with E-state index in [1.54, 1.807) is 4.90 Å². The molecular weight excluding hydrogens is 228 g/mol. The van der Waals surface area contributed by atoms with Gasteiger partial charge in [0.1, 0.15) is 0 Å². The van der Waals surface area contributed by atoms with Gasteiger partial charge in [0, 0.05) is 26.1 Å². The Kier molecular flexibility index (Phi) is 6.65. The Morgan fingerprint density at radius 3 is 2.50 bits per heavy atom. The van der Waals surface area contributed by atoms with Crippen molar-refractivity contribution in [1.82, 2.24) is 4.90 Å². The van der Waals surface area contributed by atoms with Crippen molar-refractivity contribution < 1.29 is 9.53 Å². The molecule has 0 saturated heterocycles. The maximum atomic E-state index is 12.0. The molecule has 0 atom stereocenters. The van der Waals surface area contributed by atoms with E-state index in [9.17, 15) is 4.79 Å². The van der Waals surface area contributed by atoms with Gasteiger partial charge in [0.05, 0.1) is 12.7 Å². The fourth-order valence-corrected chi connectivity index (χ4v) is 2.35. The lowest BCUT2D eigenvalue weighted by atomic mass is 9.84. The van der Waals surface area contributed by atoms with Crippen LogP contribution in [-0.2, 0) is 9.53 Å². The largest absolute Gasteiger partial charge is 0.377 e. The molecule has 4 nitrogen and oxygen atoms in total. The van der Waals surface area contributed by atoms with Crippen molar-refractivity contribution in [2.24, 2.45) is 11.7 Å². The number of nitrogens with zero attached hydrogens (tertiary/aromatic N) is 1. The van der Waals surface area contributed by atoms with Crippen molar-refractivity contribution in [1.29, 1.82) is 0 Å². The highest BCUT2D eigenvalue weighted by Crippen LogP contribution is 2.26. The number of nitrogens with two attached hydrogens (primary N) is 1. The van der Waals surface area contributed by atoms with E-state index in [0.717, 1.165) is 25.7 Å². The first-order chi connectivity index (χ1) is 8.49. The molecule has 0 unspecified atom stereocenters. The number of carbonyl (C=O) groups excluding carboxylic acids is 1. The van der Waals surface area contributed by atoms with Gasteiger partial charge in [-0.15, -0.1) is 0 Å². The lowest BCUT2D eigenvalue weighted by molar-refractivity contribution is -0.132. The molecule has 0 spiro atoms. The number of ether oxygens (including phenoxy) is 1. The van der Waals surface area contributed by atoms with Gasteiger partial charge in [-0.3, -0.25) is 4.79 Å². The average Bonchev–Trinajstić information content (AvgIpc) is 2.31. The molecule has 1 saturated carbocycles. The fraction of sp³-hybridized carbons (Fsp3) is 0.929. The highest BCUT2D eigenvalue weighted by Gasteiger charge is 2.22. The Hall–Kier alpha value is -0.610. The fourth-order valence-electron chi connectivity index (χ4n) is 2.35. The van der Waals surface area contributed by atoms with Gasteiger partial charge in [0.2, 0.25) is 5.91 Å². The molecule has 1 fully saturated rings. The minimum Gasteiger partial charge on any atom is -0.377 e. The maximum Gasteiger partial charge on any atom is 0.222 e. The van der Waals surface area contributed by atoms with Crippen LogP contribution in [0.1, 0.15) is 46.0 Å². The molecular formula is C14H28N2O2. The Bertz CT molecular complexity index is 248. The summed E-state index contributed by atoms with van der Waals surface area (Å²) in [4.78, 5) is 13.8. The van der Waals surface area contributed by atoms with E-state index in [1.807, 2.05) is 20.9 Å². The Morgan fingerprint density at radius 1 is 1.33 bits per heavy atom. The van der Waals surface area contributed by atoms with Crippen LogP contribution in [0.3, 0.4) is 0 Å². The summed E-state index contributed by atoms with van der Waals surface area (Å²) in [5.74, 6) is 0.772. The molecule has 18 heavy (non-hydrogen) atoms. The monoisotopic (exact) mass is 256 g/mol. The van der Waals surface area contributed by atoms with E-state index < -0.39 is 0 Å². The molecule has 0 heterocycles. The van der Waals surface area contributed by atoms with Gasteiger partial charge in [-0.1, -0.05) is 0 Å². The lowest BCUT2D eigenvalue weighted by Crippen LogP contribution is -2.34. The number of hydrogen-bond donors (Lipinski definition) is 1. The molecule has 1 aliphatic carbocycles. The van der Waals surface area contributed by atoms with Crippen LogP contribution in [-0.4, -0.2) is 43.2 Å². The molecule has 2 N–H and O–H groups in total. The zero-order valence-corrected chi connectivity index (χ0v) is 12.0. The summed E-state index contributed by atoms with van der Waals surface area (Å²) in [7, 11) is 1.86. The van der Waals surface area contributed by atoms with Crippen molar-refractivity contribution >= 4 is 5.91 Å². The van der Waals surface area contributed by atoms with Crippen LogP contribution in [0.4, 0.5) is 0 Å². The molecule has 0 bridgehead atoms. The summed E-state index contributed by atoms with van der Waals surface area (Å²) in [6.07, 6.45) is 5.24. The van der Waals surface area contributed by atoms with Crippen LogP contribution in [0.5, 0.6) is 0 Å². The van der Waals surface area contributed by atoms with E-state index in [1.165, 1.54) is 0 Å². The predicted octanol–water partition coefficient (Wildman–Crippen LogP) is 1.78. The lowest BCUT2D eigenvalue weighted by Gasteiger charge is -2.27. The normalized spacial score (nSPS) is 24.3. The van der Waals surface area contributed by atoms with Gasteiger partial charge >= 0.3 is 0 Å². The first kappa shape index (κ1) is 15.4. The van der Waals surface area contributed by atoms with Crippen LogP contribution >= 0.6 is 0 Å². The number of hydrogen-bond acceptors (Lipinski definition) is 3. The van der Waals surface area contributed by atoms with Crippen LogP contribution < -0.4 is 5.73 Å². The van der Waals surface area contributed by atoms with Crippen LogP contribution in [0.2, 0.25) is 0 Å². The van der Waals surface area contributed by atoms with Gasteiger partial charge in [-0.2, -0.15) is 0 Å². The molecule has 106 valence electrons. The molecule has 0 aromatic carbocycles. The molecule has 0 aromatic heterocycles. The summed E-state index contributed by atoms with van der Waals surface area (Å²) in [6.45, 7) is 5.32. The van der Waals surface area contributed by atoms with Crippen LogP contribution in [0.25, 0.3) is 0 Å². The van der Waals surface area contributed by atoms with Gasteiger partial charge in [-0.05, 0) is 45.4 Å². The minimum absolute atomic E-state index is 0.230. The van der Waals surface area contributed by atoms with E-state index in [4.69, 9.17) is 10.5 Å². The Morgan fingerprint density at radius 2 is 1.94 bits per heavy atom. The highest BCUT2D eigenvalue weighted by atomic mass is 16.5. The number of rotatable bonds is 6. The molecule has 0 aromatic rings. The number of likely N-dealkylation sites (N-methyl/N-ethyl adjacent to an activating group) is 1. The van der Waals surface area contributed by atoms with Gasteiger partial charge in [-0.25, -0.2) is 0 Å². The van der Waals surface area contributed by atoms with E-state index >= 15 is 0 Å². The molecule has 0 radical (unpaired) electrons. The summed E-state index contributed by atoms with van der Waals surface area (Å²) in [6, 6.07) is 0.355. The SMILES string of the molecule is CC(C)OCCN(C)C(=O)CC1CCC(N)CC1. The maximum absolute atomic E-state index is 12.0. The summed E-state index contributed by atoms with van der Waals surface area (Å²) < 4.78 is 5.46. The second kappa shape index (κ2) is 7.74. The minimum atomic E-state index is 0.230. The van der Waals surface area contributed by atoms with Crippen LogP contribution in [0.15, 0.2) is 0 Å². The van der Waals surface area contributed by atoms with E-state index in [-0.39, 0.29) is 12.0 Å². The van der Waals surface area contributed by atoms with Crippen molar-refractivity contribution in [3.8, 4) is 0 Å². The quantitative estimate of drug-likeness (QED) is 0.788. The third kappa shape index (κ3) is 5.83. The standard InChI is InChI=1S/C14H28N2O2/c1-11(2)18-9-8-16(3)14(17)10-12-4-6-13(15)7-5-12/h11-13H,4-10,15H2,1-3H3. The van der Waals surface area contributed by atoms with Gasteiger partial charge in [0.25, 0.3) is 0 Å². The zero-order chi connectivity index (χ0) is 13.5. The van der Waals surface area contributed by atoms with Crippen molar-refractivity contribution in [3.63, 3.8) is 0 Å². The second-order valence-corrected chi connectivity index (χ2v) is 5.72. The topological polar surface area (TPSA) is 55.6 Å². The van der Waals surface area contributed by atoms with Gasteiger partial charge < -0.3 is 15.4 Å². The van der Waals surface area contributed by atoms with E-state index in [2.05, 4.69) is 0 Å². The summed E-state index contributed by atoms with van der Waals surface area (Å²) >= 11 is 0. The average molecular weight is 256 g/mol. The van der Waals surface area contributed by atoms with E-state index in [0.29, 0.717) is 31.5 Å². The summed E-state index contributed by atoms with van der Waals surface area (Å²) in [5, 5.41) is 0. The first-order valence-corrected chi connectivity index (χ1v) is 7.10.